The normalized spacial score (nSPS) is 8.09. The van der Waals surface area contributed by atoms with Crippen molar-refractivity contribution in [3.05, 3.63) is 0 Å². The number of rotatable bonds is 1. The van der Waals surface area contributed by atoms with Crippen molar-refractivity contribution in [1.29, 1.82) is 0 Å². The molecule has 0 aliphatic rings. The van der Waals surface area contributed by atoms with E-state index in [1.165, 1.54) is 0 Å². The number of hydrogen-bond donors (Lipinski definition) is 5. The maximum atomic E-state index is 8.88. The molecule has 0 aliphatic heterocycles. The van der Waals surface area contributed by atoms with Gasteiger partial charge in [0.1, 0.15) is 0 Å². The van der Waals surface area contributed by atoms with Crippen molar-refractivity contribution in [1.82, 2.24) is 0 Å². The third-order valence-corrected chi connectivity index (χ3v) is 0.1000. The molecule has 0 atom stereocenters. The minimum absolute atomic E-state index is 0. The maximum absolute atomic E-state index is 8.88. The summed E-state index contributed by atoms with van der Waals surface area (Å²) in [7, 11) is -4.64. The van der Waals surface area contributed by atoms with Crippen LogP contribution < -0.4 is 0 Å². The SMILES string of the molecule is O=P(O)(O)O.OCCO.[Ca+2].[Ca+2].[H-].[H-].[H-].[H-]. The molecule has 0 unspecified atom stereocenters. The second kappa shape index (κ2) is 15.0. The average molecular weight is 244 g/mol. The zero-order valence-electron chi connectivity index (χ0n) is 9.92. The quantitative estimate of drug-likeness (QED) is 0.262. The van der Waals surface area contributed by atoms with Crippen LogP contribution in [0.15, 0.2) is 0 Å². The fraction of sp³-hybridized carbons (Fsp3) is 1.00. The molecule has 5 N–H and O–H groups in total. The van der Waals surface area contributed by atoms with Crippen LogP contribution in [0.1, 0.15) is 5.71 Å². The minimum Gasteiger partial charge on any atom is -1.00 e. The Morgan fingerprint density at radius 2 is 1.09 bits per heavy atom. The zero-order chi connectivity index (χ0) is 7.91. The number of aliphatic hydroxyl groups is 2. The molecule has 11 heavy (non-hydrogen) atoms. The summed E-state index contributed by atoms with van der Waals surface area (Å²) < 4.78 is 8.88. The molecular weight excluding hydrogens is 231 g/mol. The van der Waals surface area contributed by atoms with Crippen LogP contribution in [0.3, 0.4) is 0 Å². The smallest absolute Gasteiger partial charge is 1.00 e. The molecule has 0 bridgehead atoms. The van der Waals surface area contributed by atoms with Gasteiger partial charge < -0.3 is 30.6 Å². The summed E-state index contributed by atoms with van der Waals surface area (Å²) in [6, 6.07) is 0. The van der Waals surface area contributed by atoms with Crippen LogP contribution in [0.2, 0.25) is 0 Å². The molecule has 0 aliphatic carbocycles. The van der Waals surface area contributed by atoms with Crippen molar-refractivity contribution in [2.75, 3.05) is 13.2 Å². The fourth-order valence-corrected chi connectivity index (χ4v) is 0. The summed E-state index contributed by atoms with van der Waals surface area (Å²) in [4.78, 5) is 21.6. The standard InChI is InChI=1S/C2H6O2.2Ca.H3O4P.4H/c3-1-2-4;;;1-5(2,3)4;;;;/h3-4H,1-2H2;;;(H3,1,2,3,4);;;;/q;2*+2;;4*-1. The molecule has 0 fully saturated rings. The first-order valence-corrected chi connectivity index (χ1v) is 3.48. The van der Waals surface area contributed by atoms with Crippen molar-refractivity contribution in [3.63, 3.8) is 0 Å². The molecule has 0 heterocycles. The predicted molar refractivity (Wildman–Crippen MR) is 44.4 cm³/mol. The van der Waals surface area contributed by atoms with E-state index >= 15 is 0 Å². The van der Waals surface area contributed by atoms with Crippen molar-refractivity contribution in [2.45, 2.75) is 0 Å². The molecule has 0 aromatic rings. The molecule has 66 valence electrons. The molecule has 0 amide bonds. The maximum Gasteiger partial charge on any atom is 2.00 e. The van der Waals surface area contributed by atoms with Gasteiger partial charge in [0.25, 0.3) is 0 Å². The van der Waals surface area contributed by atoms with E-state index in [2.05, 4.69) is 0 Å². The van der Waals surface area contributed by atoms with E-state index in [0.29, 0.717) is 0 Å². The second-order valence-electron chi connectivity index (χ2n) is 0.960. The molecule has 0 spiro atoms. The summed E-state index contributed by atoms with van der Waals surface area (Å²) in [6.07, 6.45) is 0. The van der Waals surface area contributed by atoms with Gasteiger partial charge in [-0.15, -0.1) is 0 Å². The first kappa shape index (κ1) is 23.4. The van der Waals surface area contributed by atoms with Crippen LogP contribution in [0.4, 0.5) is 0 Å². The van der Waals surface area contributed by atoms with E-state index in [0.717, 1.165) is 0 Å². The van der Waals surface area contributed by atoms with Crippen molar-refractivity contribution in [3.8, 4) is 0 Å². The predicted octanol–water partition coefficient (Wildman–Crippen LogP) is -2.27. The molecule has 0 rings (SSSR count). The topological polar surface area (TPSA) is 118 Å². The van der Waals surface area contributed by atoms with Crippen LogP contribution in [0.5, 0.6) is 0 Å². The third-order valence-electron chi connectivity index (χ3n) is 0.1000. The fourth-order valence-electron chi connectivity index (χ4n) is 0. The van der Waals surface area contributed by atoms with Gasteiger partial charge >= 0.3 is 83.3 Å². The average Bonchev–Trinajstić information content (AvgIpc) is 1.61. The van der Waals surface area contributed by atoms with E-state index in [1.54, 1.807) is 0 Å². The van der Waals surface area contributed by atoms with Crippen molar-refractivity contribution >= 4 is 83.3 Å². The minimum atomic E-state index is -4.64. The van der Waals surface area contributed by atoms with Gasteiger partial charge in [-0.1, -0.05) is 0 Å². The molecule has 0 saturated carbocycles. The second-order valence-corrected chi connectivity index (χ2v) is 1.99. The zero-order valence-corrected chi connectivity index (χ0v) is 11.2. The monoisotopic (exact) mass is 244 g/mol. The van der Waals surface area contributed by atoms with E-state index < -0.39 is 7.82 Å². The van der Waals surface area contributed by atoms with Crippen LogP contribution in [0.25, 0.3) is 0 Å². The first-order valence-electron chi connectivity index (χ1n) is 1.92. The Labute approximate surface area is 130 Å². The van der Waals surface area contributed by atoms with Crippen molar-refractivity contribution < 1.29 is 35.2 Å². The number of hydrogen-bond acceptors (Lipinski definition) is 3. The Hall–Kier alpha value is 2.55. The summed E-state index contributed by atoms with van der Waals surface area (Å²) in [5.41, 5.74) is 0. The molecular formula is C2H13Ca2O6P. The van der Waals surface area contributed by atoms with Crippen LogP contribution in [-0.2, 0) is 4.57 Å². The van der Waals surface area contributed by atoms with Crippen molar-refractivity contribution in [2.24, 2.45) is 0 Å². The first-order chi connectivity index (χ1) is 3.91. The Morgan fingerprint density at radius 1 is 1.00 bits per heavy atom. The Balaban J connectivity index is -0.00000000785. The van der Waals surface area contributed by atoms with Gasteiger partial charge in [-0.2, -0.15) is 0 Å². The van der Waals surface area contributed by atoms with E-state index in [4.69, 9.17) is 29.5 Å². The van der Waals surface area contributed by atoms with E-state index in [-0.39, 0.29) is 94.4 Å². The number of phosphoric acid groups is 1. The van der Waals surface area contributed by atoms with E-state index in [9.17, 15) is 0 Å². The van der Waals surface area contributed by atoms with Gasteiger partial charge in [0, 0.05) is 0 Å². The van der Waals surface area contributed by atoms with Gasteiger partial charge in [0.15, 0.2) is 0 Å². The summed E-state index contributed by atoms with van der Waals surface area (Å²) >= 11 is 0. The number of aliphatic hydroxyl groups excluding tert-OH is 2. The van der Waals surface area contributed by atoms with Gasteiger partial charge in [-0.05, 0) is 0 Å². The van der Waals surface area contributed by atoms with Gasteiger partial charge in [0.2, 0.25) is 0 Å². The third kappa shape index (κ3) is 111. The Kier molecular flexibility index (Phi) is 32.0. The molecule has 0 aromatic heterocycles. The van der Waals surface area contributed by atoms with Gasteiger partial charge in [0.05, 0.1) is 13.2 Å². The Bertz CT molecular complexity index is 94.9. The summed E-state index contributed by atoms with van der Waals surface area (Å²) in [5.74, 6) is 0. The molecule has 6 nitrogen and oxygen atoms in total. The molecule has 0 aromatic carbocycles. The van der Waals surface area contributed by atoms with Crippen LogP contribution >= 0.6 is 7.82 Å². The van der Waals surface area contributed by atoms with E-state index in [1.807, 2.05) is 0 Å². The van der Waals surface area contributed by atoms with Crippen LogP contribution in [-0.4, -0.2) is 114 Å². The largest absolute Gasteiger partial charge is 2.00 e. The summed E-state index contributed by atoms with van der Waals surface area (Å²) in [6.45, 7) is -0.250. The molecule has 0 radical (unpaired) electrons. The molecule has 0 saturated heterocycles. The Morgan fingerprint density at radius 3 is 1.09 bits per heavy atom. The van der Waals surface area contributed by atoms with Gasteiger partial charge in [-0.3, -0.25) is 0 Å². The summed E-state index contributed by atoms with van der Waals surface area (Å²) in [5, 5.41) is 15.2. The molecule has 9 heteroatoms. The van der Waals surface area contributed by atoms with Crippen LogP contribution in [0, 0.1) is 0 Å². The van der Waals surface area contributed by atoms with Gasteiger partial charge in [-0.25, -0.2) is 4.57 Å².